The molecule has 1 aromatic carbocycles. The molecule has 5 heteroatoms. The van der Waals surface area contributed by atoms with Crippen molar-refractivity contribution in [1.82, 2.24) is 0 Å². The zero-order valence-corrected chi connectivity index (χ0v) is 8.91. The maximum atomic E-state index is 13.2. The summed E-state index contributed by atoms with van der Waals surface area (Å²) in [5, 5.41) is 10.7. The van der Waals surface area contributed by atoms with Crippen molar-refractivity contribution in [2.24, 2.45) is 5.92 Å². The maximum absolute atomic E-state index is 13.2. The molecule has 0 saturated carbocycles. The standard InChI is InChI=1S/C11H11F2NO2/c1-7(2)11(14(15)16)6-8-5-9(12)3-4-10(8)13/h3-7H,1-2H3/b11-6-. The number of hydrogen-bond donors (Lipinski definition) is 0. The Morgan fingerprint density at radius 3 is 2.56 bits per heavy atom. The molecule has 0 radical (unpaired) electrons. The Balaban J connectivity index is 3.22. The van der Waals surface area contributed by atoms with Gasteiger partial charge in [-0.15, -0.1) is 0 Å². The Morgan fingerprint density at radius 1 is 1.44 bits per heavy atom. The van der Waals surface area contributed by atoms with Crippen LogP contribution in [0.4, 0.5) is 8.78 Å². The van der Waals surface area contributed by atoms with E-state index in [0.717, 1.165) is 24.3 Å². The molecule has 0 aliphatic heterocycles. The van der Waals surface area contributed by atoms with Gasteiger partial charge in [0, 0.05) is 17.6 Å². The van der Waals surface area contributed by atoms with Crippen LogP contribution in [0.2, 0.25) is 0 Å². The van der Waals surface area contributed by atoms with Crippen LogP contribution in [0.15, 0.2) is 23.9 Å². The SMILES string of the molecule is CC(C)/C(=C/c1cc(F)ccc1F)[N+](=O)[O-]. The molecule has 0 fully saturated rings. The van der Waals surface area contributed by atoms with Crippen molar-refractivity contribution in [3.8, 4) is 0 Å². The van der Waals surface area contributed by atoms with Gasteiger partial charge in [0.1, 0.15) is 11.6 Å². The fourth-order valence-electron chi connectivity index (χ4n) is 1.21. The number of halogens is 2. The van der Waals surface area contributed by atoms with E-state index in [2.05, 4.69) is 0 Å². The van der Waals surface area contributed by atoms with E-state index in [1.165, 1.54) is 0 Å². The molecule has 0 unspecified atom stereocenters. The van der Waals surface area contributed by atoms with Crippen LogP contribution in [0.5, 0.6) is 0 Å². The molecular formula is C11H11F2NO2. The summed E-state index contributed by atoms with van der Waals surface area (Å²) in [5.74, 6) is -1.67. The van der Waals surface area contributed by atoms with Crippen LogP contribution in [0.3, 0.4) is 0 Å². The van der Waals surface area contributed by atoms with Gasteiger partial charge in [-0.3, -0.25) is 10.1 Å². The van der Waals surface area contributed by atoms with Crippen LogP contribution in [0, 0.1) is 27.7 Å². The smallest absolute Gasteiger partial charge is 0.249 e. The van der Waals surface area contributed by atoms with Gasteiger partial charge in [-0.1, -0.05) is 13.8 Å². The summed E-state index contributed by atoms with van der Waals surface area (Å²) in [7, 11) is 0. The predicted octanol–water partition coefficient (Wildman–Crippen LogP) is 3.24. The Morgan fingerprint density at radius 2 is 2.06 bits per heavy atom. The Hall–Kier alpha value is -1.78. The molecule has 0 aliphatic carbocycles. The molecule has 0 heterocycles. The van der Waals surface area contributed by atoms with Crippen LogP contribution >= 0.6 is 0 Å². The van der Waals surface area contributed by atoms with Gasteiger partial charge in [0.15, 0.2) is 0 Å². The second-order valence-electron chi connectivity index (χ2n) is 3.65. The normalized spacial score (nSPS) is 11.9. The third-order valence-corrected chi connectivity index (χ3v) is 2.06. The van der Waals surface area contributed by atoms with E-state index in [1.807, 2.05) is 0 Å². The molecule has 1 rings (SSSR count). The maximum Gasteiger partial charge on any atom is 0.249 e. The first-order valence-corrected chi connectivity index (χ1v) is 4.73. The molecule has 0 saturated heterocycles. The van der Waals surface area contributed by atoms with Gasteiger partial charge in [0.25, 0.3) is 0 Å². The number of rotatable bonds is 3. The number of allylic oxidation sites excluding steroid dienone is 1. The topological polar surface area (TPSA) is 43.1 Å². The number of benzene rings is 1. The lowest BCUT2D eigenvalue weighted by Gasteiger charge is -2.02. The molecule has 0 aliphatic rings. The Labute approximate surface area is 91.6 Å². The molecular weight excluding hydrogens is 216 g/mol. The van der Waals surface area contributed by atoms with Crippen LogP contribution in [-0.4, -0.2) is 4.92 Å². The highest BCUT2D eigenvalue weighted by Gasteiger charge is 2.16. The Kier molecular flexibility index (Phi) is 3.71. The van der Waals surface area contributed by atoms with Crippen LogP contribution in [-0.2, 0) is 0 Å². The second-order valence-corrected chi connectivity index (χ2v) is 3.65. The van der Waals surface area contributed by atoms with Crippen molar-refractivity contribution >= 4 is 6.08 Å². The van der Waals surface area contributed by atoms with E-state index in [9.17, 15) is 18.9 Å². The summed E-state index contributed by atoms with van der Waals surface area (Å²) < 4.78 is 26.1. The summed E-state index contributed by atoms with van der Waals surface area (Å²) in [4.78, 5) is 10.1. The molecule has 0 aromatic heterocycles. The highest BCUT2D eigenvalue weighted by Crippen LogP contribution is 2.18. The predicted molar refractivity (Wildman–Crippen MR) is 56.2 cm³/mol. The second kappa shape index (κ2) is 4.83. The van der Waals surface area contributed by atoms with Crippen molar-refractivity contribution in [1.29, 1.82) is 0 Å². The zero-order valence-electron chi connectivity index (χ0n) is 8.91. The summed E-state index contributed by atoms with van der Waals surface area (Å²) in [6.07, 6.45) is 1.06. The molecule has 0 amide bonds. The van der Waals surface area contributed by atoms with Crippen molar-refractivity contribution in [3.05, 3.63) is 51.2 Å². The van der Waals surface area contributed by atoms with Gasteiger partial charge >= 0.3 is 0 Å². The highest BCUT2D eigenvalue weighted by molar-refractivity contribution is 5.52. The van der Waals surface area contributed by atoms with Crippen LogP contribution < -0.4 is 0 Å². The fraction of sp³-hybridized carbons (Fsp3) is 0.273. The van der Waals surface area contributed by atoms with E-state index in [4.69, 9.17) is 0 Å². The third-order valence-electron chi connectivity index (χ3n) is 2.06. The minimum atomic E-state index is -0.679. The molecule has 3 nitrogen and oxygen atoms in total. The van der Waals surface area contributed by atoms with E-state index < -0.39 is 16.6 Å². The number of nitro groups is 1. The molecule has 0 bridgehead atoms. The summed E-state index contributed by atoms with van der Waals surface area (Å²) >= 11 is 0. The van der Waals surface area contributed by atoms with Gasteiger partial charge in [-0.2, -0.15) is 0 Å². The first-order valence-electron chi connectivity index (χ1n) is 4.73. The highest BCUT2D eigenvalue weighted by atomic mass is 19.1. The minimum absolute atomic E-state index is 0.111. The van der Waals surface area contributed by atoms with Crippen molar-refractivity contribution in [2.45, 2.75) is 13.8 Å². The van der Waals surface area contributed by atoms with Crippen molar-refractivity contribution in [3.63, 3.8) is 0 Å². The average molecular weight is 227 g/mol. The van der Waals surface area contributed by atoms with Crippen molar-refractivity contribution in [2.75, 3.05) is 0 Å². The van der Waals surface area contributed by atoms with Gasteiger partial charge in [-0.25, -0.2) is 8.78 Å². The quantitative estimate of drug-likeness (QED) is 0.587. The Bertz CT molecular complexity index is 442. The first-order chi connectivity index (χ1) is 7.41. The lowest BCUT2D eigenvalue weighted by molar-refractivity contribution is -0.431. The van der Waals surface area contributed by atoms with Crippen LogP contribution in [0.25, 0.3) is 6.08 Å². The van der Waals surface area contributed by atoms with Gasteiger partial charge in [0.05, 0.1) is 4.92 Å². The molecule has 16 heavy (non-hydrogen) atoms. The largest absolute Gasteiger partial charge is 0.259 e. The number of hydrogen-bond acceptors (Lipinski definition) is 2. The van der Waals surface area contributed by atoms with Gasteiger partial charge < -0.3 is 0 Å². The summed E-state index contributed by atoms with van der Waals surface area (Å²) in [6.45, 7) is 3.23. The monoisotopic (exact) mass is 227 g/mol. The molecule has 86 valence electrons. The summed E-state index contributed by atoms with van der Waals surface area (Å²) in [6, 6.07) is 2.84. The van der Waals surface area contributed by atoms with E-state index in [-0.39, 0.29) is 17.2 Å². The molecule has 0 spiro atoms. The van der Waals surface area contributed by atoms with Crippen LogP contribution in [0.1, 0.15) is 19.4 Å². The lowest BCUT2D eigenvalue weighted by atomic mass is 10.1. The van der Waals surface area contributed by atoms with Crippen molar-refractivity contribution < 1.29 is 13.7 Å². The minimum Gasteiger partial charge on any atom is -0.259 e. The number of nitrogens with zero attached hydrogens (tertiary/aromatic N) is 1. The molecule has 0 atom stereocenters. The molecule has 0 N–H and O–H groups in total. The average Bonchev–Trinajstić information content (AvgIpc) is 2.18. The zero-order chi connectivity index (χ0) is 12.3. The fourth-order valence-corrected chi connectivity index (χ4v) is 1.21. The lowest BCUT2D eigenvalue weighted by Crippen LogP contribution is -2.05. The van der Waals surface area contributed by atoms with Gasteiger partial charge in [-0.05, 0) is 18.2 Å². The van der Waals surface area contributed by atoms with Gasteiger partial charge in [0.2, 0.25) is 5.70 Å². The molecule has 1 aromatic rings. The van der Waals surface area contributed by atoms with E-state index in [0.29, 0.717) is 0 Å². The first kappa shape index (κ1) is 12.3. The summed E-state index contributed by atoms with van der Waals surface area (Å²) in [5.41, 5.74) is -0.259. The van der Waals surface area contributed by atoms with E-state index in [1.54, 1.807) is 13.8 Å². The van der Waals surface area contributed by atoms with E-state index >= 15 is 0 Å². The third kappa shape index (κ3) is 2.85.